The van der Waals surface area contributed by atoms with Crippen molar-refractivity contribution in [3.8, 4) is 5.82 Å². The van der Waals surface area contributed by atoms with Gasteiger partial charge in [0.15, 0.2) is 0 Å². The molecule has 0 aromatic carbocycles. The van der Waals surface area contributed by atoms with Gasteiger partial charge in [-0.2, -0.15) is 0 Å². The van der Waals surface area contributed by atoms with Crippen molar-refractivity contribution in [1.82, 2.24) is 19.9 Å². The molecule has 1 aliphatic carbocycles. The third-order valence-electron chi connectivity index (χ3n) is 2.92. The molecule has 0 radical (unpaired) electrons. The van der Waals surface area contributed by atoms with Crippen LogP contribution in [0.15, 0.2) is 30.7 Å². The normalized spacial score (nSPS) is 15.1. The lowest BCUT2D eigenvalue weighted by Crippen LogP contribution is -2.15. The molecule has 4 heteroatoms. The fourth-order valence-corrected chi connectivity index (χ4v) is 1.79. The number of aromatic nitrogens is 3. The third kappa shape index (κ3) is 2.53. The van der Waals surface area contributed by atoms with Gasteiger partial charge in [-0.15, -0.1) is 0 Å². The van der Waals surface area contributed by atoms with Gasteiger partial charge in [-0.25, -0.2) is 9.97 Å². The van der Waals surface area contributed by atoms with E-state index in [1.165, 1.54) is 12.8 Å². The van der Waals surface area contributed by atoms with Gasteiger partial charge >= 0.3 is 0 Å². The molecule has 0 spiro atoms. The van der Waals surface area contributed by atoms with Gasteiger partial charge in [-0.05, 0) is 31.9 Å². The molecule has 0 saturated heterocycles. The molecule has 88 valence electrons. The van der Waals surface area contributed by atoms with Gasteiger partial charge in [0.2, 0.25) is 0 Å². The Morgan fingerprint density at radius 3 is 3.06 bits per heavy atom. The molecule has 0 atom stereocenters. The van der Waals surface area contributed by atoms with E-state index in [0.717, 1.165) is 29.8 Å². The standard InChI is InChI=1S/C13H16N4/c1-10-3-2-4-13(16-10)17-8-12(15-9-17)7-14-11-5-6-11/h2-4,8-9,11,14H,5-7H2,1H3. The van der Waals surface area contributed by atoms with Crippen LogP contribution in [0.25, 0.3) is 5.82 Å². The average molecular weight is 228 g/mol. The van der Waals surface area contributed by atoms with Crippen LogP contribution in [0.4, 0.5) is 0 Å². The van der Waals surface area contributed by atoms with E-state index in [4.69, 9.17) is 0 Å². The Hall–Kier alpha value is -1.68. The van der Waals surface area contributed by atoms with Crippen molar-refractivity contribution in [3.05, 3.63) is 42.1 Å². The Morgan fingerprint density at radius 1 is 1.41 bits per heavy atom. The maximum Gasteiger partial charge on any atom is 0.138 e. The highest BCUT2D eigenvalue weighted by Gasteiger charge is 2.20. The lowest BCUT2D eigenvalue weighted by Gasteiger charge is -2.01. The molecule has 3 rings (SSSR count). The average Bonchev–Trinajstić information content (AvgIpc) is 3.04. The Kier molecular flexibility index (Phi) is 2.65. The SMILES string of the molecule is Cc1cccc(-n2cnc(CNC3CC3)c2)n1. The van der Waals surface area contributed by atoms with Crippen molar-refractivity contribution in [3.63, 3.8) is 0 Å². The first-order valence-electron chi connectivity index (χ1n) is 6.01. The number of imidazole rings is 1. The van der Waals surface area contributed by atoms with E-state index in [1.54, 1.807) is 0 Å². The predicted octanol–water partition coefficient (Wildman–Crippen LogP) is 1.83. The first-order chi connectivity index (χ1) is 8.31. The number of nitrogens with one attached hydrogen (secondary N) is 1. The van der Waals surface area contributed by atoms with Crippen LogP contribution in [-0.2, 0) is 6.54 Å². The minimum absolute atomic E-state index is 0.720. The summed E-state index contributed by atoms with van der Waals surface area (Å²) in [4.78, 5) is 8.85. The summed E-state index contributed by atoms with van der Waals surface area (Å²) in [5.74, 6) is 0.926. The lowest BCUT2D eigenvalue weighted by atomic mass is 10.4. The van der Waals surface area contributed by atoms with Crippen molar-refractivity contribution in [1.29, 1.82) is 0 Å². The van der Waals surface area contributed by atoms with Crippen LogP contribution >= 0.6 is 0 Å². The summed E-state index contributed by atoms with van der Waals surface area (Å²) in [7, 11) is 0. The number of hydrogen-bond acceptors (Lipinski definition) is 3. The zero-order valence-corrected chi connectivity index (χ0v) is 9.93. The molecule has 0 bridgehead atoms. The molecule has 1 N–H and O–H groups in total. The Morgan fingerprint density at radius 2 is 2.29 bits per heavy atom. The molecule has 1 saturated carbocycles. The fourth-order valence-electron chi connectivity index (χ4n) is 1.79. The smallest absolute Gasteiger partial charge is 0.138 e. The second-order valence-corrected chi connectivity index (χ2v) is 4.56. The third-order valence-corrected chi connectivity index (χ3v) is 2.92. The van der Waals surface area contributed by atoms with E-state index in [1.807, 2.05) is 42.2 Å². The van der Waals surface area contributed by atoms with E-state index in [9.17, 15) is 0 Å². The molecule has 17 heavy (non-hydrogen) atoms. The van der Waals surface area contributed by atoms with Crippen LogP contribution in [0.5, 0.6) is 0 Å². The number of aryl methyl sites for hydroxylation is 1. The molecule has 0 amide bonds. The van der Waals surface area contributed by atoms with Gasteiger partial charge in [0, 0.05) is 24.5 Å². The summed E-state index contributed by atoms with van der Waals surface area (Å²) in [5.41, 5.74) is 2.09. The minimum Gasteiger partial charge on any atom is -0.308 e. The first kappa shape index (κ1) is 10.5. The Bertz CT molecular complexity index is 514. The zero-order valence-electron chi connectivity index (χ0n) is 9.93. The molecule has 0 aliphatic heterocycles. The summed E-state index contributed by atoms with van der Waals surface area (Å²) in [6, 6.07) is 6.72. The molecule has 0 unspecified atom stereocenters. The highest BCUT2D eigenvalue weighted by molar-refractivity contribution is 5.25. The molecular weight excluding hydrogens is 212 g/mol. The molecule has 2 aromatic rings. The number of rotatable bonds is 4. The molecule has 2 aromatic heterocycles. The van der Waals surface area contributed by atoms with Crippen molar-refractivity contribution >= 4 is 0 Å². The van der Waals surface area contributed by atoms with Gasteiger partial charge in [0.25, 0.3) is 0 Å². The van der Waals surface area contributed by atoms with Gasteiger partial charge in [0.1, 0.15) is 12.1 Å². The molecule has 1 fully saturated rings. The van der Waals surface area contributed by atoms with E-state index >= 15 is 0 Å². The largest absolute Gasteiger partial charge is 0.308 e. The zero-order chi connectivity index (χ0) is 11.7. The highest BCUT2D eigenvalue weighted by Crippen LogP contribution is 2.19. The Labute approximate surface area is 101 Å². The van der Waals surface area contributed by atoms with E-state index in [-0.39, 0.29) is 0 Å². The summed E-state index contributed by atoms with van der Waals surface area (Å²) in [6.07, 6.45) is 6.48. The summed E-state index contributed by atoms with van der Waals surface area (Å²) >= 11 is 0. The van der Waals surface area contributed by atoms with Gasteiger partial charge in [-0.1, -0.05) is 6.07 Å². The van der Waals surface area contributed by atoms with Crippen molar-refractivity contribution in [2.75, 3.05) is 0 Å². The van der Waals surface area contributed by atoms with Crippen molar-refractivity contribution < 1.29 is 0 Å². The second kappa shape index (κ2) is 4.30. The number of nitrogens with zero attached hydrogens (tertiary/aromatic N) is 3. The lowest BCUT2D eigenvalue weighted by molar-refractivity contribution is 0.677. The number of hydrogen-bond donors (Lipinski definition) is 1. The van der Waals surface area contributed by atoms with E-state index in [2.05, 4.69) is 15.3 Å². The van der Waals surface area contributed by atoms with Crippen LogP contribution in [0, 0.1) is 6.92 Å². The van der Waals surface area contributed by atoms with Crippen molar-refractivity contribution in [2.45, 2.75) is 32.4 Å². The van der Waals surface area contributed by atoms with Gasteiger partial charge in [0.05, 0.1) is 5.69 Å². The van der Waals surface area contributed by atoms with Crippen LogP contribution in [0.2, 0.25) is 0 Å². The first-order valence-corrected chi connectivity index (χ1v) is 6.01. The van der Waals surface area contributed by atoms with Crippen LogP contribution in [-0.4, -0.2) is 20.6 Å². The maximum atomic E-state index is 4.47. The quantitative estimate of drug-likeness (QED) is 0.868. The van der Waals surface area contributed by atoms with Gasteiger partial charge < -0.3 is 5.32 Å². The summed E-state index contributed by atoms with van der Waals surface area (Å²) < 4.78 is 1.97. The topological polar surface area (TPSA) is 42.7 Å². The molecular formula is C13H16N4. The highest BCUT2D eigenvalue weighted by atomic mass is 15.1. The molecule has 2 heterocycles. The molecule has 1 aliphatic rings. The summed E-state index contributed by atoms with van der Waals surface area (Å²) in [6.45, 7) is 2.85. The predicted molar refractivity (Wildman–Crippen MR) is 66.0 cm³/mol. The minimum atomic E-state index is 0.720. The van der Waals surface area contributed by atoms with Crippen LogP contribution in [0.1, 0.15) is 24.2 Å². The monoisotopic (exact) mass is 228 g/mol. The van der Waals surface area contributed by atoms with E-state index < -0.39 is 0 Å². The van der Waals surface area contributed by atoms with Crippen molar-refractivity contribution in [2.24, 2.45) is 0 Å². The summed E-state index contributed by atoms with van der Waals surface area (Å²) in [5, 5.41) is 3.45. The number of pyridine rings is 1. The molecule has 4 nitrogen and oxygen atoms in total. The van der Waals surface area contributed by atoms with Crippen LogP contribution in [0.3, 0.4) is 0 Å². The van der Waals surface area contributed by atoms with E-state index in [0.29, 0.717) is 0 Å². The maximum absolute atomic E-state index is 4.47. The second-order valence-electron chi connectivity index (χ2n) is 4.56. The van der Waals surface area contributed by atoms with Crippen LogP contribution < -0.4 is 5.32 Å². The fraction of sp³-hybridized carbons (Fsp3) is 0.385. The van der Waals surface area contributed by atoms with Gasteiger partial charge in [-0.3, -0.25) is 4.57 Å². The Balaban J connectivity index is 1.74.